The molecule has 0 aliphatic rings. The molecule has 0 aliphatic heterocycles. The highest BCUT2D eigenvalue weighted by molar-refractivity contribution is 5.82. The molecule has 4 nitrogen and oxygen atoms in total. The predicted octanol–water partition coefficient (Wildman–Crippen LogP) is 0.669. The highest BCUT2D eigenvalue weighted by atomic mass is 16.5. The van der Waals surface area contributed by atoms with Crippen molar-refractivity contribution in [1.82, 2.24) is 0 Å². The normalized spacial score (nSPS) is 11.5. The lowest BCUT2D eigenvalue weighted by molar-refractivity contribution is -0.111. The summed E-state index contributed by atoms with van der Waals surface area (Å²) in [4.78, 5) is 20.7. The monoisotopic (exact) mass is 172 g/mol. The average molecular weight is 172 g/mol. The summed E-state index contributed by atoms with van der Waals surface area (Å²) in [6.07, 6.45) is 0.922. The van der Waals surface area contributed by atoms with Crippen LogP contribution in [0.5, 0.6) is 0 Å². The van der Waals surface area contributed by atoms with Crippen molar-refractivity contribution in [2.24, 2.45) is 0 Å². The highest BCUT2D eigenvalue weighted by Gasteiger charge is 2.06. The zero-order valence-electron chi connectivity index (χ0n) is 7.20. The third-order valence-electron chi connectivity index (χ3n) is 1.06. The van der Waals surface area contributed by atoms with Crippen LogP contribution in [0.15, 0.2) is 11.5 Å². The van der Waals surface area contributed by atoms with Crippen LogP contribution in [0.4, 0.5) is 0 Å². The molecule has 0 heterocycles. The van der Waals surface area contributed by atoms with Crippen molar-refractivity contribution in [3.63, 3.8) is 0 Å². The number of hydrogen-bond donors (Lipinski definition) is 0. The second kappa shape index (κ2) is 6.39. The molecule has 0 N–H and O–H groups in total. The van der Waals surface area contributed by atoms with Gasteiger partial charge >= 0.3 is 0 Å². The Morgan fingerprint density at radius 2 is 1.33 bits per heavy atom. The number of hydrogen-bond acceptors (Lipinski definition) is 4. The maximum Gasteiger partial charge on any atom is 0.204 e. The van der Waals surface area contributed by atoms with Gasteiger partial charge in [-0.05, 0) is 13.8 Å². The Balaban J connectivity index is 4.48. The number of allylic oxidation sites excluding steroid dienone is 2. The van der Waals surface area contributed by atoms with E-state index < -0.39 is 0 Å². The first-order chi connectivity index (χ1) is 5.79. The highest BCUT2D eigenvalue weighted by Crippen LogP contribution is 2.02. The van der Waals surface area contributed by atoms with E-state index in [2.05, 4.69) is 0 Å². The van der Waals surface area contributed by atoms with Crippen molar-refractivity contribution in [1.29, 1.82) is 0 Å². The first-order valence-corrected chi connectivity index (χ1v) is 3.70. The summed E-state index contributed by atoms with van der Waals surface area (Å²) in [5.41, 5.74) is 0. The van der Waals surface area contributed by atoms with Gasteiger partial charge < -0.3 is 9.47 Å². The fraction of sp³-hybridized carbons (Fsp3) is 0.500. The number of carbonyl (C=O) groups is 2. The second-order valence-corrected chi connectivity index (χ2v) is 1.83. The van der Waals surface area contributed by atoms with Gasteiger partial charge in [0.15, 0.2) is 12.6 Å². The molecular weight excluding hydrogens is 160 g/mol. The van der Waals surface area contributed by atoms with Crippen LogP contribution in [-0.2, 0) is 19.1 Å². The molecule has 12 heavy (non-hydrogen) atoms. The minimum Gasteiger partial charge on any atom is -0.487 e. The first-order valence-electron chi connectivity index (χ1n) is 3.70. The molecule has 0 bridgehead atoms. The molecule has 0 aromatic heterocycles. The summed E-state index contributed by atoms with van der Waals surface area (Å²) in [7, 11) is 0. The molecule has 0 rings (SSSR count). The zero-order valence-corrected chi connectivity index (χ0v) is 7.20. The van der Waals surface area contributed by atoms with Crippen LogP contribution in [0.25, 0.3) is 0 Å². The minimum atomic E-state index is -0.0469. The van der Waals surface area contributed by atoms with Gasteiger partial charge in [0.05, 0.1) is 13.2 Å². The van der Waals surface area contributed by atoms with Crippen molar-refractivity contribution < 1.29 is 19.1 Å². The lowest BCUT2D eigenvalue weighted by Gasteiger charge is -2.05. The van der Waals surface area contributed by atoms with E-state index in [1.165, 1.54) is 0 Å². The van der Waals surface area contributed by atoms with Crippen LogP contribution in [0, 0.1) is 0 Å². The SMILES string of the molecule is CCOC(C=O)=C(C=O)OCC. The van der Waals surface area contributed by atoms with Gasteiger partial charge in [0, 0.05) is 0 Å². The average Bonchev–Trinajstić information content (AvgIpc) is 2.11. The molecule has 0 radical (unpaired) electrons. The van der Waals surface area contributed by atoms with E-state index in [4.69, 9.17) is 9.47 Å². The summed E-state index contributed by atoms with van der Waals surface area (Å²) < 4.78 is 9.70. The van der Waals surface area contributed by atoms with Crippen molar-refractivity contribution >= 4 is 12.6 Å². The van der Waals surface area contributed by atoms with Gasteiger partial charge in [-0.15, -0.1) is 0 Å². The summed E-state index contributed by atoms with van der Waals surface area (Å²) in [6.45, 7) is 4.10. The molecule has 0 aliphatic carbocycles. The van der Waals surface area contributed by atoms with E-state index in [1.807, 2.05) is 0 Å². The van der Waals surface area contributed by atoms with Crippen molar-refractivity contribution in [2.75, 3.05) is 13.2 Å². The van der Waals surface area contributed by atoms with Gasteiger partial charge in [-0.25, -0.2) is 0 Å². The zero-order chi connectivity index (χ0) is 9.40. The van der Waals surface area contributed by atoms with E-state index >= 15 is 0 Å². The molecule has 0 unspecified atom stereocenters. The third-order valence-corrected chi connectivity index (χ3v) is 1.06. The fourth-order valence-corrected chi connectivity index (χ4v) is 0.637. The van der Waals surface area contributed by atoms with Crippen molar-refractivity contribution in [2.45, 2.75) is 13.8 Å². The van der Waals surface area contributed by atoms with Gasteiger partial charge in [0.1, 0.15) is 0 Å². The Bertz CT molecular complexity index is 163. The van der Waals surface area contributed by atoms with Crippen LogP contribution in [0.3, 0.4) is 0 Å². The Kier molecular flexibility index (Phi) is 5.69. The van der Waals surface area contributed by atoms with Crippen molar-refractivity contribution in [3.8, 4) is 0 Å². The van der Waals surface area contributed by atoms with Gasteiger partial charge in [-0.3, -0.25) is 9.59 Å². The molecule has 68 valence electrons. The van der Waals surface area contributed by atoms with Crippen LogP contribution >= 0.6 is 0 Å². The lowest BCUT2D eigenvalue weighted by Crippen LogP contribution is -2.03. The Hall–Kier alpha value is -1.32. The van der Waals surface area contributed by atoms with Gasteiger partial charge in [-0.1, -0.05) is 0 Å². The molecule has 0 saturated heterocycles. The fourth-order valence-electron chi connectivity index (χ4n) is 0.637. The summed E-state index contributed by atoms with van der Waals surface area (Å²) in [5.74, 6) is -0.0938. The molecule has 0 saturated carbocycles. The maximum atomic E-state index is 10.3. The standard InChI is InChI=1S/C8H12O4/c1-3-11-7(5-9)8(6-10)12-4-2/h5-6H,3-4H2,1-2H3. The second-order valence-electron chi connectivity index (χ2n) is 1.83. The van der Waals surface area contributed by atoms with Crippen LogP contribution in [0.1, 0.15) is 13.8 Å². The van der Waals surface area contributed by atoms with Gasteiger partial charge in [0.25, 0.3) is 0 Å². The number of carbonyl (C=O) groups excluding carboxylic acids is 2. The van der Waals surface area contributed by atoms with E-state index in [-0.39, 0.29) is 11.5 Å². The van der Waals surface area contributed by atoms with Crippen LogP contribution in [0.2, 0.25) is 0 Å². The molecule has 0 fully saturated rings. The molecule has 4 heteroatoms. The van der Waals surface area contributed by atoms with Crippen LogP contribution < -0.4 is 0 Å². The van der Waals surface area contributed by atoms with Crippen LogP contribution in [-0.4, -0.2) is 25.8 Å². The van der Waals surface area contributed by atoms with E-state index in [0.29, 0.717) is 25.8 Å². The molecule has 0 spiro atoms. The quantitative estimate of drug-likeness (QED) is 0.335. The van der Waals surface area contributed by atoms with E-state index in [0.717, 1.165) is 0 Å². The predicted molar refractivity (Wildman–Crippen MR) is 42.4 cm³/mol. The van der Waals surface area contributed by atoms with E-state index in [1.54, 1.807) is 13.8 Å². The molecule has 0 aromatic rings. The number of aldehydes is 2. The minimum absolute atomic E-state index is 0.0469. The molecule has 0 aromatic carbocycles. The number of rotatable bonds is 6. The third kappa shape index (κ3) is 3.18. The molecular formula is C8H12O4. The van der Waals surface area contributed by atoms with Gasteiger partial charge in [-0.2, -0.15) is 0 Å². The Labute approximate surface area is 71.2 Å². The maximum absolute atomic E-state index is 10.3. The van der Waals surface area contributed by atoms with E-state index in [9.17, 15) is 9.59 Å². The smallest absolute Gasteiger partial charge is 0.204 e. The Morgan fingerprint density at radius 3 is 1.50 bits per heavy atom. The summed E-state index contributed by atoms with van der Waals surface area (Å²) >= 11 is 0. The summed E-state index contributed by atoms with van der Waals surface area (Å²) in [6, 6.07) is 0. The summed E-state index contributed by atoms with van der Waals surface area (Å²) in [5, 5.41) is 0. The molecule has 0 amide bonds. The number of ether oxygens (including phenoxy) is 2. The van der Waals surface area contributed by atoms with Gasteiger partial charge in [0.2, 0.25) is 11.5 Å². The lowest BCUT2D eigenvalue weighted by atomic mass is 10.4. The Morgan fingerprint density at radius 1 is 1.00 bits per heavy atom. The molecule has 0 atom stereocenters. The van der Waals surface area contributed by atoms with Crippen molar-refractivity contribution in [3.05, 3.63) is 11.5 Å². The first kappa shape index (κ1) is 10.7. The topological polar surface area (TPSA) is 52.6 Å². The largest absolute Gasteiger partial charge is 0.487 e.